The van der Waals surface area contributed by atoms with Gasteiger partial charge in [-0.25, -0.2) is 18.2 Å². The number of nitrogens with one attached hydrogen (secondary N) is 1. The van der Waals surface area contributed by atoms with Crippen molar-refractivity contribution in [3.63, 3.8) is 0 Å². The van der Waals surface area contributed by atoms with Gasteiger partial charge in [-0.15, -0.1) is 0 Å². The Balaban J connectivity index is 1.76. The van der Waals surface area contributed by atoms with Crippen LogP contribution in [0.15, 0.2) is 85.1 Å². The number of hydrogen-bond acceptors (Lipinski definition) is 6. The SMILES string of the molecule is COC(=O)c1cc(NS(C)(=O)=O)ccc1C#Cc1cc(-c2cccnc2OCc2ccccc2)cc(C(C)(C)C)c1. The van der Waals surface area contributed by atoms with Crippen molar-refractivity contribution in [2.24, 2.45) is 0 Å². The second-order valence-electron chi connectivity index (χ2n) is 10.6. The van der Waals surface area contributed by atoms with Crippen LogP contribution in [0.25, 0.3) is 11.1 Å². The van der Waals surface area contributed by atoms with Gasteiger partial charge in [0, 0.05) is 28.6 Å². The molecule has 7 nitrogen and oxygen atoms in total. The highest BCUT2D eigenvalue weighted by Gasteiger charge is 2.18. The second kappa shape index (κ2) is 12.3. The van der Waals surface area contributed by atoms with Crippen molar-refractivity contribution in [2.75, 3.05) is 18.1 Å². The average Bonchev–Trinajstić information content (AvgIpc) is 2.94. The molecule has 0 bridgehead atoms. The van der Waals surface area contributed by atoms with E-state index in [2.05, 4.69) is 48.4 Å². The van der Waals surface area contributed by atoms with Gasteiger partial charge in [-0.1, -0.05) is 69.0 Å². The molecule has 3 aromatic carbocycles. The van der Waals surface area contributed by atoms with Crippen LogP contribution in [0, 0.1) is 11.8 Å². The molecule has 210 valence electrons. The lowest BCUT2D eigenvalue weighted by molar-refractivity contribution is 0.0600. The fraction of sp³-hybridized carbons (Fsp3) is 0.212. The van der Waals surface area contributed by atoms with Crippen LogP contribution in [0.2, 0.25) is 0 Å². The molecule has 0 fully saturated rings. The summed E-state index contributed by atoms with van der Waals surface area (Å²) in [6.45, 7) is 6.77. The van der Waals surface area contributed by atoms with Gasteiger partial charge in [0.15, 0.2) is 0 Å². The van der Waals surface area contributed by atoms with Gasteiger partial charge in [-0.2, -0.15) is 0 Å². The minimum atomic E-state index is -3.52. The van der Waals surface area contributed by atoms with Crippen molar-refractivity contribution < 1.29 is 22.7 Å². The highest BCUT2D eigenvalue weighted by Crippen LogP contribution is 2.33. The Hall–Kier alpha value is -4.61. The van der Waals surface area contributed by atoms with Gasteiger partial charge in [0.1, 0.15) is 6.61 Å². The number of ether oxygens (including phenoxy) is 2. The fourth-order valence-corrected chi connectivity index (χ4v) is 4.64. The number of aromatic nitrogens is 1. The van der Waals surface area contributed by atoms with E-state index in [4.69, 9.17) is 9.47 Å². The summed E-state index contributed by atoms with van der Waals surface area (Å²) < 4.78 is 36.8. The van der Waals surface area contributed by atoms with Gasteiger partial charge in [0.2, 0.25) is 15.9 Å². The summed E-state index contributed by atoms with van der Waals surface area (Å²) in [6.07, 6.45) is 2.74. The van der Waals surface area contributed by atoms with Gasteiger partial charge < -0.3 is 9.47 Å². The highest BCUT2D eigenvalue weighted by atomic mass is 32.2. The van der Waals surface area contributed by atoms with Crippen molar-refractivity contribution in [3.05, 3.63) is 113 Å². The third-order valence-electron chi connectivity index (χ3n) is 6.17. The third-order valence-corrected chi connectivity index (χ3v) is 6.78. The summed E-state index contributed by atoms with van der Waals surface area (Å²) in [7, 11) is -2.26. The molecule has 0 amide bonds. The van der Waals surface area contributed by atoms with Crippen LogP contribution >= 0.6 is 0 Å². The van der Waals surface area contributed by atoms with E-state index in [0.29, 0.717) is 18.1 Å². The van der Waals surface area contributed by atoms with Gasteiger partial charge in [-0.05, 0) is 64.6 Å². The minimum absolute atomic E-state index is 0.157. The molecule has 0 aliphatic rings. The maximum atomic E-state index is 12.5. The van der Waals surface area contributed by atoms with Gasteiger partial charge in [-0.3, -0.25) is 4.72 Å². The monoisotopic (exact) mass is 568 g/mol. The molecule has 0 aliphatic carbocycles. The largest absolute Gasteiger partial charge is 0.472 e. The van der Waals surface area contributed by atoms with Crippen LogP contribution in [-0.2, 0) is 26.8 Å². The molecule has 0 spiro atoms. The van der Waals surface area contributed by atoms with Crippen LogP contribution < -0.4 is 9.46 Å². The van der Waals surface area contributed by atoms with E-state index < -0.39 is 16.0 Å². The molecule has 0 aliphatic heterocycles. The van der Waals surface area contributed by atoms with E-state index in [1.54, 1.807) is 18.3 Å². The number of esters is 1. The Morgan fingerprint density at radius 2 is 1.71 bits per heavy atom. The number of sulfonamides is 1. The van der Waals surface area contributed by atoms with Crippen molar-refractivity contribution in [2.45, 2.75) is 32.8 Å². The first-order valence-corrected chi connectivity index (χ1v) is 14.8. The molecular formula is C33H32N2O5S. The molecule has 1 heterocycles. The number of carbonyl (C=O) groups excluding carboxylic acids is 1. The normalized spacial score (nSPS) is 11.2. The molecule has 0 unspecified atom stereocenters. The fourth-order valence-electron chi connectivity index (χ4n) is 4.09. The van der Waals surface area contributed by atoms with Crippen molar-refractivity contribution in [1.29, 1.82) is 0 Å². The van der Waals surface area contributed by atoms with E-state index >= 15 is 0 Å². The number of carbonyl (C=O) groups is 1. The Morgan fingerprint density at radius 3 is 2.39 bits per heavy atom. The van der Waals surface area contributed by atoms with Gasteiger partial charge in [0.25, 0.3) is 0 Å². The molecular weight excluding hydrogens is 536 g/mol. The Morgan fingerprint density at radius 1 is 0.951 bits per heavy atom. The second-order valence-corrected chi connectivity index (χ2v) is 12.3. The summed E-state index contributed by atoms with van der Waals surface area (Å²) in [4.78, 5) is 17.0. The molecule has 0 saturated heterocycles. The lowest BCUT2D eigenvalue weighted by Gasteiger charge is -2.21. The summed E-state index contributed by atoms with van der Waals surface area (Å²) in [5, 5.41) is 0. The molecule has 4 aromatic rings. The van der Waals surface area contributed by atoms with Crippen molar-refractivity contribution in [3.8, 4) is 28.8 Å². The maximum Gasteiger partial charge on any atom is 0.339 e. The van der Waals surface area contributed by atoms with E-state index in [9.17, 15) is 13.2 Å². The predicted molar refractivity (Wildman–Crippen MR) is 161 cm³/mol. The molecule has 0 atom stereocenters. The smallest absolute Gasteiger partial charge is 0.339 e. The van der Waals surface area contributed by atoms with E-state index in [-0.39, 0.29) is 16.7 Å². The van der Waals surface area contributed by atoms with Crippen LogP contribution in [0.5, 0.6) is 5.88 Å². The molecule has 41 heavy (non-hydrogen) atoms. The standard InChI is InChI=1S/C33H32N2O5S/c1-33(2,3)27-19-24(13-14-25-15-16-28(35-41(5,37)38)21-30(25)32(36)39-4)18-26(20-27)29-12-9-17-34-31(29)40-22-23-10-7-6-8-11-23/h6-12,15-21,35H,22H2,1-5H3. The lowest BCUT2D eigenvalue weighted by Crippen LogP contribution is -2.12. The number of hydrogen-bond donors (Lipinski definition) is 1. The van der Waals surface area contributed by atoms with Crippen LogP contribution in [0.1, 0.15) is 53.4 Å². The minimum Gasteiger partial charge on any atom is -0.472 e. The van der Waals surface area contributed by atoms with Crippen molar-refractivity contribution in [1.82, 2.24) is 4.98 Å². The number of methoxy groups -OCH3 is 1. The number of anilines is 1. The summed E-state index contributed by atoms with van der Waals surface area (Å²) in [6, 6.07) is 24.4. The van der Waals surface area contributed by atoms with E-state index in [1.807, 2.05) is 54.6 Å². The molecule has 1 N–H and O–H groups in total. The first-order valence-electron chi connectivity index (χ1n) is 12.9. The Labute approximate surface area is 241 Å². The molecule has 8 heteroatoms. The molecule has 1 aromatic heterocycles. The quantitative estimate of drug-likeness (QED) is 0.211. The number of benzene rings is 3. The first kappa shape index (κ1) is 29.4. The molecule has 4 rings (SSSR count). The summed E-state index contributed by atoms with van der Waals surface area (Å²) >= 11 is 0. The van der Waals surface area contributed by atoms with Crippen molar-refractivity contribution >= 4 is 21.7 Å². The Kier molecular flexibility index (Phi) is 8.80. The van der Waals surface area contributed by atoms with Gasteiger partial charge in [0.05, 0.1) is 18.9 Å². The number of rotatable bonds is 7. The zero-order valence-corrected chi connectivity index (χ0v) is 24.5. The topological polar surface area (TPSA) is 94.6 Å². The summed E-state index contributed by atoms with van der Waals surface area (Å²) in [5.74, 6) is 6.17. The lowest BCUT2D eigenvalue weighted by atomic mass is 9.84. The molecule has 0 saturated carbocycles. The number of pyridine rings is 1. The predicted octanol–water partition coefficient (Wildman–Crippen LogP) is 6.18. The van der Waals surface area contributed by atoms with Crippen LogP contribution in [0.3, 0.4) is 0 Å². The summed E-state index contributed by atoms with van der Waals surface area (Å²) in [5.41, 5.74) is 5.22. The maximum absolute atomic E-state index is 12.5. The van der Waals surface area contributed by atoms with Crippen LogP contribution in [-0.4, -0.2) is 32.7 Å². The van der Waals surface area contributed by atoms with E-state index in [1.165, 1.54) is 13.2 Å². The number of nitrogens with zero attached hydrogens (tertiary/aromatic N) is 1. The first-order chi connectivity index (χ1) is 19.4. The average molecular weight is 569 g/mol. The zero-order valence-electron chi connectivity index (χ0n) is 23.7. The Bertz CT molecular complexity index is 1730. The third kappa shape index (κ3) is 7.96. The molecule has 0 radical (unpaired) electrons. The zero-order chi connectivity index (χ0) is 29.6. The van der Waals surface area contributed by atoms with Crippen LogP contribution in [0.4, 0.5) is 5.69 Å². The van der Waals surface area contributed by atoms with Gasteiger partial charge >= 0.3 is 5.97 Å². The highest BCUT2D eigenvalue weighted by molar-refractivity contribution is 7.92. The van der Waals surface area contributed by atoms with E-state index in [0.717, 1.165) is 34.1 Å².